The Morgan fingerprint density at radius 3 is 2.76 bits per heavy atom. The second-order valence-electron chi connectivity index (χ2n) is 7.19. The van der Waals surface area contributed by atoms with Crippen molar-refractivity contribution in [2.45, 2.75) is 25.3 Å². The number of hydrogen-bond donors (Lipinski definition) is 0. The second-order valence-corrected chi connectivity index (χ2v) is 7.63. The number of pyridine rings is 1. The molecular formula is C22H23ClN4O2. The summed E-state index contributed by atoms with van der Waals surface area (Å²) in [5, 5.41) is 5.25. The molecule has 1 aromatic carbocycles. The van der Waals surface area contributed by atoms with Crippen molar-refractivity contribution in [3.63, 3.8) is 0 Å². The molecule has 1 fully saturated rings. The molecule has 1 aliphatic rings. The summed E-state index contributed by atoms with van der Waals surface area (Å²) in [5.41, 5.74) is 3.46. The number of aromatic nitrogens is 3. The number of ether oxygens (including phenoxy) is 1. The van der Waals surface area contributed by atoms with Gasteiger partial charge in [0, 0.05) is 42.8 Å². The topological polar surface area (TPSA) is 60.2 Å². The maximum atomic E-state index is 13.5. The van der Waals surface area contributed by atoms with Gasteiger partial charge in [0.1, 0.15) is 5.75 Å². The number of likely N-dealkylation sites (tertiary alicyclic amines) is 1. The maximum absolute atomic E-state index is 13.5. The van der Waals surface area contributed by atoms with Crippen molar-refractivity contribution in [1.29, 1.82) is 0 Å². The van der Waals surface area contributed by atoms with E-state index in [0.717, 1.165) is 36.1 Å². The lowest BCUT2D eigenvalue weighted by atomic mass is 9.94. The molecule has 2 aromatic heterocycles. The number of carbonyl (C=O) groups excluding carboxylic acids is 1. The molecule has 1 aliphatic heterocycles. The average molecular weight is 411 g/mol. The van der Waals surface area contributed by atoms with Gasteiger partial charge in [-0.15, -0.1) is 0 Å². The average Bonchev–Trinajstić information content (AvgIpc) is 3.15. The lowest BCUT2D eigenvalue weighted by Crippen LogP contribution is -2.39. The van der Waals surface area contributed by atoms with Gasteiger partial charge in [-0.3, -0.25) is 14.5 Å². The van der Waals surface area contributed by atoms with Gasteiger partial charge >= 0.3 is 0 Å². The molecule has 0 unspecified atom stereocenters. The van der Waals surface area contributed by atoms with Gasteiger partial charge in [-0.1, -0.05) is 11.6 Å². The molecular weight excluding hydrogens is 388 g/mol. The van der Waals surface area contributed by atoms with Crippen LogP contribution in [0.4, 0.5) is 0 Å². The standard InChI is InChI=1S/C22H23ClN4O2/c1-26-14-18(15-8-10-24-11-9-15)21(25-26)19-5-3-4-12-27(19)22(28)17-13-16(23)6-7-20(17)29-2/h6-11,13-14,19H,3-5,12H2,1-2H3/t19-/m0/s1. The van der Waals surface area contributed by atoms with Crippen molar-refractivity contribution in [3.8, 4) is 16.9 Å². The summed E-state index contributed by atoms with van der Waals surface area (Å²) < 4.78 is 7.23. The van der Waals surface area contributed by atoms with Crippen LogP contribution in [0.15, 0.2) is 48.9 Å². The third kappa shape index (κ3) is 3.85. The number of piperidine rings is 1. The molecule has 7 heteroatoms. The molecule has 0 N–H and O–H groups in total. The fourth-order valence-electron chi connectivity index (χ4n) is 3.97. The van der Waals surface area contributed by atoms with Crippen LogP contribution in [0.1, 0.15) is 41.4 Å². The van der Waals surface area contributed by atoms with Crippen molar-refractivity contribution in [1.82, 2.24) is 19.7 Å². The largest absolute Gasteiger partial charge is 0.496 e. The Labute approximate surface area is 175 Å². The van der Waals surface area contributed by atoms with E-state index in [-0.39, 0.29) is 11.9 Å². The third-order valence-corrected chi connectivity index (χ3v) is 5.56. The Morgan fingerprint density at radius 2 is 2.00 bits per heavy atom. The summed E-state index contributed by atoms with van der Waals surface area (Å²) in [4.78, 5) is 19.5. The smallest absolute Gasteiger partial charge is 0.258 e. The highest BCUT2D eigenvalue weighted by molar-refractivity contribution is 6.31. The van der Waals surface area contributed by atoms with E-state index in [1.807, 2.05) is 35.0 Å². The number of rotatable bonds is 4. The van der Waals surface area contributed by atoms with E-state index < -0.39 is 0 Å². The van der Waals surface area contributed by atoms with Gasteiger partial charge < -0.3 is 9.64 Å². The van der Waals surface area contributed by atoms with Crippen LogP contribution in [0.3, 0.4) is 0 Å². The van der Waals surface area contributed by atoms with Gasteiger partial charge in [-0.2, -0.15) is 5.10 Å². The predicted octanol–water partition coefficient (Wildman–Crippen LogP) is 4.51. The summed E-state index contributed by atoms with van der Waals surface area (Å²) in [6.45, 7) is 0.672. The van der Waals surface area contributed by atoms with Crippen molar-refractivity contribution in [2.75, 3.05) is 13.7 Å². The van der Waals surface area contributed by atoms with Gasteiger partial charge in [0.15, 0.2) is 0 Å². The van der Waals surface area contributed by atoms with E-state index in [9.17, 15) is 4.79 Å². The molecule has 1 atom stereocenters. The first kappa shape index (κ1) is 19.5. The van der Waals surface area contributed by atoms with E-state index in [4.69, 9.17) is 21.4 Å². The molecule has 3 aromatic rings. The fourth-order valence-corrected chi connectivity index (χ4v) is 4.14. The van der Waals surface area contributed by atoms with E-state index >= 15 is 0 Å². The summed E-state index contributed by atoms with van der Waals surface area (Å²) >= 11 is 6.17. The molecule has 0 radical (unpaired) electrons. The lowest BCUT2D eigenvalue weighted by molar-refractivity contribution is 0.0602. The van der Waals surface area contributed by atoms with Crippen LogP contribution in [0.2, 0.25) is 5.02 Å². The molecule has 6 nitrogen and oxygen atoms in total. The van der Waals surface area contributed by atoms with Gasteiger partial charge in [0.05, 0.1) is 24.4 Å². The molecule has 0 spiro atoms. The van der Waals surface area contributed by atoms with Crippen LogP contribution in [0.25, 0.3) is 11.1 Å². The lowest BCUT2D eigenvalue weighted by Gasteiger charge is -2.35. The van der Waals surface area contributed by atoms with Crippen molar-refractivity contribution in [3.05, 3.63) is 65.2 Å². The van der Waals surface area contributed by atoms with Gasteiger partial charge in [-0.05, 0) is 55.2 Å². The highest BCUT2D eigenvalue weighted by Gasteiger charge is 2.33. The minimum absolute atomic E-state index is 0.0830. The first-order chi connectivity index (χ1) is 14.1. The molecule has 0 bridgehead atoms. The number of benzene rings is 1. The number of aryl methyl sites for hydroxylation is 1. The van der Waals surface area contributed by atoms with Crippen LogP contribution in [0, 0.1) is 0 Å². The minimum atomic E-state index is -0.107. The molecule has 0 aliphatic carbocycles. The second kappa shape index (κ2) is 8.25. The van der Waals surface area contributed by atoms with Gasteiger partial charge in [-0.25, -0.2) is 0 Å². The van der Waals surface area contributed by atoms with Crippen LogP contribution in [-0.4, -0.2) is 39.2 Å². The summed E-state index contributed by atoms with van der Waals surface area (Å²) in [6.07, 6.45) is 8.42. The third-order valence-electron chi connectivity index (χ3n) is 5.32. The first-order valence-corrected chi connectivity index (χ1v) is 10.0. The van der Waals surface area contributed by atoms with Crippen molar-refractivity contribution in [2.24, 2.45) is 7.05 Å². The number of hydrogen-bond acceptors (Lipinski definition) is 4. The zero-order valence-electron chi connectivity index (χ0n) is 16.5. The van der Waals surface area contributed by atoms with Crippen LogP contribution >= 0.6 is 11.6 Å². The number of methoxy groups -OCH3 is 1. The van der Waals surface area contributed by atoms with Gasteiger partial charge in [0.2, 0.25) is 0 Å². The molecule has 29 heavy (non-hydrogen) atoms. The van der Waals surface area contributed by atoms with Crippen molar-refractivity contribution >= 4 is 17.5 Å². The molecule has 1 saturated heterocycles. The van der Waals surface area contributed by atoms with Crippen LogP contribution < -0.4 is 4.74 Å². The molecule has 4 rings (SSSR count). The Morgan fingerprint density at radius 1 is 1.21 bits per heavy atom. The first-order valence-electron chi connectivity index (χ1n) is 9.67. The molecule has 0 saturated carbocycles. The predicted molar refractivity (Wildman–Crippen MR) is 112 cm³/mol. The normalized spacial score (nSPS) is 16.7. The summed E-state index contributed by atoms with van der Waals surface area (Å²) in [7, 11) is 3.47. The van der Waals surface area contributed by atoms with E-state index in [2.05, 4.69) is 4.98 Å². The number of amides is 1. The van der Waals surface area contributed by atoms with E-state index in [1.54, 1.807) is 37.7 Å². The van der Waals surface area contributed by atoms with Crippen LogP contribution in [-0.2, 0) is 7.05 Å². The molecule has 1 amide bonds. The monoisotopic (exact) mass is 410 g/mol. The van der Waals surface area contributed by atoms with Crippen molar-refractivity contribution < 1.29 is 9.53 Å². The fraction of sp³-hybridized carbons (Fsp3) is 0.318. The molecule has 3 heterocycles. The highest BCUT2D eigenvalue weighted by atomic mass is 35.5. The Kier molecular flexibility index (Phi) is 5.53. The highest BCUT2D eigenvalue weighted by Crippen LogP contribution is 2.37. The maximum Gasteiger partial charge on any atom is 0.258 e. The Bertz CT molecular complexity index is 1020. The quantitative estimate of drug-likeness (QED) is 0.634. The van der Waals surface area contributed by atoms with E-state index in [0.29, 0.717) is 22.9 Å². The summed E-state index contributed by atoms with van der Waals surface area (Å²) in [6, 6.07) is 8.97. The zero-order chi connectivity index (χ0) is 20.4. The van der Waals surface area contributed by atoms with E-state index in [1.165, 1.54) is 0 Å². The Hall–Kier alpha value is -2.86. The minimum Gasteiger partial charge on any atom is -0.496 e. The number of carbonyl (C=O) groups is 1. The van der Waals surface area contributed by atoms with Crippen LogP contribution in [0.5, 0.6) is 5.75 Å². The zero-order valence-corrected chi connectivity index (χ0v) is 17.3. The number of halogens is 1. The summed E-state index contributed by atoms with van der Waals surface area (Å²) in [5.74, 6) is 0.444. The van der Waals surface area contributed by atoms with Gasteiger partial charge in [0.25, 0.3) is 5.91 Å². The molecule has 150 valence electrons. The number of nitrogens with zero attached hydrogens (tertiary/aromatic N) is 4. The SMILES string of the molecule is COc1ccc(Cl)cc1C(=O)N1CCCC[C@H]1c1nn(C)cc1-c1ccncc1. The Balaban J connectivity index is 1.75.